The average molecular weight is 590 g/mol. The van der Waals surface area contributed by atoms with Crippen molar-refractivity contribution >= 4 is 28.9 Å². The van der Waals surface area contributed by atoms with Gasteiger partial charge in [-0.15, -0.1) is 0 Å². The van der Waals surface area contributed by atoms with Crippen LogP contribution in [0, 0.1) is 12.8 Å². The van der Waals surface area contributed by atoms with Crippen molar-refractivity contribution in [2.24, 2.45) is 5.92 Å². The first-order valence-electron chi connectivity index (χ1n) is 14.0. The van der Waals surface area contributed by atoms with Gasteiger partial charge in [-0.3, -0.25) is 9.48 Å². The highest BCUT2D eigenvalue weighted by atomic mass is 35.5. The molecular formula is C30H32ClF4N5O. The summed E-state index contributed by atoms with van der Waals surface area (Å²) in [5, 5.41) is 4.68. The molecule has 1 saturated carbocycles. The van der Waals surface area contributed by atoms with E-state index in [1.807, 2.05) is 42.5 Å². The molecule has 3 fully saturated rings. The summed E-state index contributed by atoms with van der Waals surface area (Å²) in [6.45, 7) is 5.06. The van der Waals surface area contributed by atoms with Crippen LogP contribution < -0.4 is 9.80 Å². The van der Waals surface area contributed by atoms with Crippen LogP contribution in [-0.2, 0) is 11.0 Å². The molecule has 0 spiro atoms. The van der Waals surface area contributed by atoms with Gasteiger partial charge in [0.2, 0.25) is 5.91 Å². The van der Waals surface area contributed by atoms with Gasteiger partial charge < -0.3 is 14.7 Å². The maximum Gasteiger partial charge on any atom is 0.433 e. The highest BCUT2D eigenvalue weighted by Crippen LogP contribution is 2.40. The molecule has 6 nitrogen and oxygen atoms in total. The molecule has 0 bridgehead atoms. The van der Waals surface area contributed by atoms with Gasteiger partial charge in [-0.1, -0.05) is 29.8 Å². The Kier molecular flexibility index (Phi) is 7.38. The number of benzene rings is 2. The maximum absolute atomic E-state index is 13.8. The Morgan fingerprint density at radius 1 is 1.00 bits per heavy atom. The van der Waals surface area contributed by atoms with Gasteiger partial charge in [0.25, 0.3) is 0 Å². The summed E-state index contributed by atoms with van der Waals surface area (Å²) >= 11 is 6.41. The Labute approximate surface area is 241 Å². The minimum atomic E-state index is -4.47. The number of anilines is 2. The summed E-state index contributed by atoms with van der Waals surface area (Å²) in [4.78, 5) is 18.5. The fourth-order valence-electron chi connectivity index (χ4n) is 6.15. The van der Waals surface area contributed by atoms with E-state index in [0.717, 1.165) is 33.6 Å². The summed E-state index contributed by atoms with van der Waals surface area (Å²) in [5.74, 6) is -0.514. The van der Waals surface area contributed by atoms with Crippen LogP contribution in [0.5, 0.6) is 0 Å². The lowest BCUT2D eigenvalue weighted by molar-refractivity contribution is -0.145. The Bertz CT molecular complexity index is 1420. The maximum atomic E-state index is 13.8. The van der Waals surface area contributed by atoms with Crippen molar-refractivity contribution in [1.29, 1.82) is 0 Å². The molecule has 6 rings (SSSR count). The van der Waals surface area contributed by atoms with E-state index in [4.69, 9.17) is 11.6 Å². The molecule has 41 heavy (non-hydrogen) atoms. The SMILES string of the molecule is Cc1cnn(C2CCCN(c3cc(Cl)ccc3-c3ccc(N4CCN(C(=O)C5CC5F)CC4)cc3)C2)c1C(F)(F)F. The number of piperidine rings is 1. The monoisotopic (exact) mass is 589 g/mol. The fourth-order valence-corrected chi connectivity index (χ4v) is 6.32. The zero-order valence-corrected chi connectivity index (χ0v) is 23.5. The number of amides is 1. The third-order valence-corrected chi connectivity index (χ3v) is 8.69. The highest BCUT2D eigenvalue weighted by Gasteiger charge is 2.46. The van der Waals surface area contributed by atoms with Crippen LogP contribution in [0.15, 0.2) is 48.7 Å². The molecule has 2 saturated heterocycles. The van der Waals surface area contributed by atoms with Gasteiger partial charge in [0.05, 0.1) is 18.2 Å². The average Bonchev–Trinajstić information content (AvgIpc) is 3.56. The summed E-state index contributed by atoms with van der Waals surface area (Å²) in [5.41, 5.74) is 3.29. The second kappa shape index (κ2) is 10.9. The van der Waals surface area contributed by atoms with Gasteiger partial charge >= 0.3 is 6.18 Å². The van der Waals surface area contributed by atoms with Crippen molar-refractivity contribution in [2.45, 2.75) is 44.6 Å². The quantitative estimate of drug-likeness (QED) is 0.324. The Morgan fingerprint density at radius 3 is 2.37 bits per heavy atom. The molecule has 11 heteroatoms. The standard InChI is InChI=1S/C30H32ClF4N5O/c1-19-17-36-40(28(19)30(33,34)35)23-3-2-10-39(18-23)27-15-21(31)6-9-24(27)20-4-7-22(8-5-20)37-11-13-38(14-12-37)29(41)25-16-26(25)32/h4-9,15,17,23,25-26H,2-3,10-14,16,18H2,1H3. The number of rotatable bonds is 5. The van der Waals surface area contributed by atoms with Crippen molar-refractivity contribution in [3.63, 3.8) is 0 Å². The first kappa shape index (κ1) is 27.9. The van der Waals surface area contributed by atoms with E-state index in [1.165, 1.54) is 13.1 Å². The van der Waals surface area contributed by atoms with E-state index in [2.05, 4.69) is 14.9 Å². The number of piperazine rings is 1. The van der Waals surface area contributed by atoms with Gasteiger partial charge in [0.1, 0.15) is 11.9 Å². The minimum absolute atomic E-state index is 0.0694. The molecule has 3 aromatic rings. The molecule has 0 N–H and O–H groups in total. The lowest BCUT2D eigenvalue weighted by Crippen LogP contribution is -2.49. The summed E-state index contributed by atoms with van der Waals surface area (Å²) < 4.78 is 55.9. The molecule has 218 valence electrons. The number of carbonyl (C=O) groups excluding carboxylic acids is 1. The molecule has 2 aliphatic heterocycles. The minimum Gasteiger partial charge on any atom is -0.369 e. The topological polar surface area (TPSA) is 44.6 Å². The van der Waals surface area contributed by atoms with Crippen molar-refractivity contribution in [3.8, 4) is 11.1 Å². The van der Waals surface area contributed by atoms with Crippen molar-refractivity contribution in [1.82, 2.24) is 14.7 Å². The molecule has 1 aliphatic carbocycles. The Morgan fingerprint density at radius 2 is 1.71 bits per heavy atom. The van der Waals surface area contributed by atoms with Crippen molar-refractivity contribution < 1.29 is 22.4 Å². The molecule has 3 aliphatic rings. The van der Waals surface area contributed by atoms with Crippen LogP contribution in [0.3, 0.4) is 0 Å². The van der Waals surface area contributed by atoms with Crippen LogP contribution in [0.25, 0.3) is 11.1 Å². The lowest BCUT2D eigenvalue weighted by Gasteiger charge is -2.37. The number of halogens is 5. The third kappa shape index (κ3) is 5.63. The smallest absolute Gasteiger partial charge is 0.369 e. The zero-order valence-electron chi connectivity index (χ0n) is 22.7. The first-order valence-corrected chi connectivity index (χ1v) is 14.4. The summed E-state index contributed by atoms with van der Waals surface area (Å²) in [6.07, 6.45) is -2.47. The van der Waals surface area contributed by atoms with E-state index in [0.29, 0.717) is 57.1 Å². The van der Waals surface area contributed by atoms with E-state index in [1.54, 1.807) is 4.90 Å². The second-order valence-electron chi connectivity index (χ2n) is 11.2. The molecule has 2 aromatic carbocycles. The number of hydrogen-bond acceptors (Lipinski definition) is 4. The number of carbonyl (C=O) groups is 1. The molecule has 1 amide bonds. The second-order valence-corrected chi connectivity index (χ2v) is 11.7. The van der Waals surface area contributed by atoms with E-state index >= 15 is 0 Å². The van der Waals surface area contributed by atoms with Gasteiger partial charge in [-0.25, -0.2) is 4.39 Å². The van der Waals surface area contributed by atoms with Crippen LogP contribution in [0.4, 0.5) is 28.9 Å². The van der Waals surface area contributed by atoms with Gasteiger partial charge in [0, 0.05) is 61.2 Å². The van der Waals surface area contributed by atoms with Crippen molar-refractivity contribution in [3.05, 3.63) is 64.9 Å². The number of alkyl halides is 4. The lowest BCUT2D eigenvalue weighted by atomic mass is 9.99. The molecule has 3 unspecified atom stereocenters. The summed E-state index contributed by atoms with van der Waals surface area (Å²) in [6, 6.07) is 13.4. The molecule has 3 atom stereocenters. The van der Waals surface area contributed by atoms with E-state index < -0.39 is 30.0 Å². The Hall–Kier alpha value is -3.27. The fraction of sp³-hybridized carbons (Fsp3) is 0.467. The zero-order chi connectivity index (χ0) is 28.9. The number of hydrogen-bond donors (Lipinski definition) is 0. The molecular weight excluding hydrogens is 558 g/mol. The largest absolute Gasteiger partial charge is 0.433 e. The van der Waals surface area contributed by atoms with Crippen LogP contribution in [-0.4, -0.2) is 66.0 Å². The van der Waals surface area contributed by atoms with E-state index in [-0.39, 0.29) is 11.5 Å². The van der Waals surface area contributed by atoms with Crippen LogP contribution >= 0.6 is 11.6 Å². The van der Waals surface area contributed by atoms with Gasteiger partial charge in [-0.2, -0.15) is 18.3 Å². The van der Waals surface area contributed by atoms with Crippen LogP contribution in [0.2, 0.25) is 5.02 Å². The van der Waals surface area contributed by atoms with Crippen molar-refractivity contribution in [2.75, 3.05) is 49.1 Å². The number of aromatic nitrogens is 2. The van der Waals surface area contributed by atoms with Crippen LogP contribution in [0.1, 0.15) is 36.6 Å². The molecule has 0 radical (unpaired) electrons. The normalized spacial score (nSPS) is 23.2. The molecule has 1 aromatic heterocycles. The number of aryl methyl sites for hydroxylation is 1. The third-order valence-electron chi connectivity index (χ3n) is 8.45. The first-order chi connectivity index (χ1) is 19.6. The Balaban J connectivity index is 1.19. The number of nitrogens with zero attached hydrogens (tertiary/aromatic N) is 5. The van der Waals surface area contributed by atoms with Gasteiger partial charge in [-0.05, 0) is 61.6 Å². The predicted molar refractivity (Wildman–Crippen MR) is 151 cm³/mol. The van der Waals surface area contributed by atoms with Gasteiger partial charge in [0.15, 0.2) is 0 Å². The predicted octanol–water partition coefficient (Wildman–Crippen LogP) is 6.38. The molecule has 3 heterocycles. The summed E-state index contributed by atoms with van der Waals surface area (Å²) in [7, 11) is 0. The highest BCUT2D eigenvalue weighted by molar-refractivity contribution is 6.31. The van der Waals surface area contributed by atoms with E-state index in [9.17, 15) is 22.4 Å².